The molecule has 1 heterocycles. The summed E-state index contributed by atoms with van der Waals surface area (Å²) in [5, 5.41) is 3.47. The van der Waals surface area contributed by atoms with Gasteiger partial charge in [-0.2, -0.15) is 0 Å². The minimum absolute atomic E-state index is 0.232. The topological polar surface area (TPSA) is 24.5 Å². The average Bonchev–Trinajstić information content (AvgIpc) is 2.91. The van der Waals surface area contributed by atoms with Crippen LogP contribution in [0.1, 0.15) is 39.2 Å². The Morgan fingerprint density at radius 2 is 2.25 bits per heavy atom. The number of hydrogen-bond acceptors (Lipinski definition) is 3. The fourth-order valence-corrected chi connectivity index (χ4v) is 2.85. The zero-order valence-corrected chi connectivity index (χ0v) is 13.1. The first kappa shape index (κ1) is 15.3. The van der Waals surface area contributed by atoms with Crippen molar-refractivity contribution in [2.45, 2.75) is 52.3 Å². The Balaban J connectivity index is 2.01. The summed E-state index contributed by atoms with van der Waals surface area (Å²) >= 11 is 0. The molecule has 20 heavy (non-hydrogen) atoms. The predicted molar refractivity (Wildman–Crippen MR) is 84.2 cm³/mol. The summed E-state index contributed by atoms with van der Waals surface area (Å²) in [6.07, 6.45) is 2.71. The fourth-order valence-electron chi connectivity index (χ4n) is 2.85. The van der Waals surface area contributed by atoms with E-state index in [4.69, 9.17) is 4.74 Å². The minimum Gasteiger partial charge on any atom is -0.491 e. The highest BCUT2D eigenvalue weighted by molar-refractivity contribution is 5.28. The monoisotopic (exact) mass is 276 g/mol. The maximum Gasteiger partial charge on any atom is 0.120 e. The van der Waals surface area contributed by atoms with Gasteiger partial charge in [0, 0.05) is 19.1 Å². The van der Waals surface area contributed by atoms with Gasteiger partial charge in [-0.05, 0) is 57.5 Å². The summed E-state index contributed by atoms with van der Waals surface area (Å²) in [5.41, 5.74) is 1.35. The van der Waals surface area contributed by atoms with E-state index in [0.29, 0.717) is 6.04 Å². The Bertz CT molecular complexity index is 400. The van der Waals surface area contributed by atoms with E-state index in [0.717, 1.165) is 25.4 Å². The van der Waals surface area contributed by atoms with E-state index in [1.165, 1.54) is 24.9 Å². The number of hydrogen-bond donors (Lipinski definition) is 1. The van der Waals surface area contributed by atoms with E-state index in [9.17, 15) is 0 Å². The normalized spacial score (nSPS) is 18.9. The van der Waals surface area contributed by atoms with Crippen molar-refractivity contribution in [3.63, 3.8) is 0 Å². The largest absolute Gasteiger partial charge is 0.491 e. The van der Waals surface area contributed by atoms with Crippen molar-refractivity contribution in [2.24, 2.45) is 0 Å². The Morgan fingerprint density at radius 1 is 1.40 bits per heavy atom. The van der Waals surface area contributed by atoms with Gasteiger partial charge >= 0.3 is 0 Å². The summed E-state index contributed by atoms with van der Waals surface area (Å²) in [6.45, 7) is 10.9. The number of nitrogens with one attached hydrogen (secondary N) is 1. The highest BCUT2D eigenvalue weighted by Crippen LogP contribution is 2.19. The molecule has 1 aliphatic heterocycles. The third-order valence-corrected chi connectivity index (χ3v) is 3.72. The minimum atomic E-state index is 0.232. The van der Waals surface area contributed by atoms with Gasteiger partial charge in [0.2, 0.25) is 0 Å². The standard InChI is InChI=1S/C17H28N2O/c1-4-10-19(16-8-9-18-12-16)13-15-6-5-7-17(11-15)20-14(2)3/h5-7,11,14,16,18H,4,8-10,12-13H2,1-3H3. The zero-order chi connectivity index (χ0) is 14.4. The van der Waals surface area contributed by atoms with Crippen LogP contribution in [0.5, 0.6) is 5.75 Å². The second kappa shape index (κ2) is 7.65. The van der Waals surface area contributed by atoms with Gasteiger partial charge in [0.05, 0.1) is 6.10 Å². The first-order valence-corrected chi connectivity index (χ1v) is 7.89. The maximum atomic E-state index is 5.79. The summed E-state index contributed by atoms with van der Waals surface area (Å²) in [7, 11) is 0. The van der Waals surface area contributed by atoms with Gasteiger partial charge < -0.3 is 10.1 Å². The van der Waals surface area contributed by atoms with Gasteiger partial charge in [-0.25, -0.2) is 0 Å². The van der Waals surface area contributed by atoms with Crippen molar-refractivity contribution in [3.05, 3.63) is 29.8 Å². The lowest BCUT2D eigenvalue weighted by molar-refractivity contribution is 0.198. The SMILES string of the molecule is CCCN(Cc1cccc(OC(C)C)c1)C1CCNC1. The van der Waals surface area contributed by atoms with Crippen LogP contribution in [0, 0.1) is 0 Å². The van der Waals surface area contributed by atoms with Gasteiger partial charge in [0.1, 0.15) is 5.75 Å². The van der Waals surface area contributed by atoms with Crippen molar-refractivity contribution in [3.8, 4) is 5.75 Å². The molecule has 1 aromatic rings. The van der Waals surface area contributed by atoms with Crippen LogP contribution in [-0.2, 0) is 6.54 Å². The molecular weight excluding hydrogens is 248 g/mol. The van der Waals surface area contributed by atoms with Crippen molar-refractivity contribution >= 4 is 0 Å². The van der Waals surface area contributed by atoms with Gasteiger partial charge in [0.25, 0.3) is 0 Å². The van der Waals surface area contributed by atoms with Crippen LogP contribution in [0.2, 0.25) is 0 Å². The molecule has 0 aromatic heterocycles. The third-order valence-electron chi connectivity index (χ3n) is 3.72. The number of nitrogens with zero attached hydrogens (tertiary/aromatic N) is 1. The maximum absolute atomic E-state index is 5.79. The summed E-state index contributed by atoms with van der Waals surface area (Å²) in [6, 6.07) is 9.22. The molecule has 1 aliphatic rings. The van der Waals surface area contributed by atoms with Crippen LogP contribution in [0.15, 0.2) is 24.3 Å². The highest BCUT2D eigenvalue weighted by Gasteiger charge is 2.21. The lowest BCUT2D eigenvalue weighted by atomic mass is 10.1. The molecule has 1 aromatic carbocycles. The van der Waals surface area contributed by atoms with E-state index in [1.54, 1.807) is 0 Å². The van der Waals surface area contributed by atoms with Crippen LogP contribution in [0.25, 0.3) is 0 Å². The third kappa shape index (κ3) is 4.50. The predicted octanol–water partition coefficient (Wildman–Crippen LogP) is 3.05. The quantitative estimate of drug-likeness (QED) is 0.828. The molecule has 0 radical (unpaired) electrons. The Labute approximate surface area is 123 Å². The van der Waals surface area contributed by atoms with Crippen LogP contribution in [-0.4, -0.2) is 36.7 Å². The van der Waals surface area contributed by atoms with Crippen molar-refractivity contribution in [2.75, 3.05) is 19.6 Å². The molecule has 1 N–H and O–H groups in total. The molecule has 3 nitrogen and oxygen atoms in total. The first-order valence-electron chi connectivity index (χ1n) is 7.89. The highest BCUT2D eigenvalue weighted by atomic mass is 16.5. The van der Waals surface area contributed by atoms with Crippen LogP contribution in [0.4, 0.5) is 0 Å². The second-order valence-corrected chi connectivity index (χ2v) is 5.93. The molecular formula is C17H28N2O. The van der Waals surface area contributed by atoms with E-state index >= 15 is 0 Å². The van der Waals surface area contributed by atoms with E-state index < -0.39 is 0 Å². The molecule has 0 saturated carbocycles. The summed E-state index contributed by atoms with van der Waals surface area (Å²) in [4.78, 5) is 2.61. The molecule has 1 atom stereocenters. The molecule has 0 bridgehead atoms. The second-order valence-electron chi connectivity index (χ2n) is 5.93. The summed E-state index contributed by atoms with van der Waals surface area (Å²) in [5.74, 6) is 0.985. The van der Waals surface area contributed by atoms with E-state index in [2.05, 4.69) is 49.2 Å². The molecule has 112 valence electrons. The number of benzene rings is 1. The number of rotatable bonds is 7. The smallest absolute Gasteiger partial charge is 0.120 e. The lowest BCUT2D eigenvalue weighted by Crippen LogP contribution is -2.36. The molecule has 1 saturated heterocycles. The van der Waals surface area contributed by atoms with Gasteiger partial charge in [0.15, 0.2) is 0 Å². The molecule has 1 unspecified atom stereocenters. The van der Waals surface area contributed by atoms with Crippen molar-refractivity contribution in [1.82, 2.24) is 10.2 Å². The average molecular weight is 276 g/mol. The van der Waals surface area contributed by atoms with Gasteiger partial charge in [-0.3, -0.25) is 4.90 Å². The molecule has 0 amide bonds. The molecule has 2 rings (SSSR count). The van der Waals surface area contributed by atoms with Crippen LogP contribution in [0.3, 0.4) is 0 Å². The lowest BCUT2D eigenvalue weighted by Gasteiger charge is -2.28. The first-order chi connectivity index (χ1) is 9.69. The summed E-state index contributed by atoms with van der Waals surface area (Å²) < 4.78 is 5.79. The molecule has 1 fully saturated rings. The molecule has 0 aliphatic carbocycles. The zero-order valence-electron chi connectivity index (χ0n) is 13.1. The van der Waals surface area contributed by atoms with Crippen molar-refractivity contribution in [1.29, 1.82) is 0 Å². The van der Waals surface area contributed by atoms with E-state index in [-0.39, 0.29) is 6.10 Å². The Kier molecular flexibility index (Phi) is 5.86. The van der Waals surface area contributed by atoms with E-state index in [1.807, 2.05) is 6.07 Å². The molecule has 3 heteroatoms. The van der Waals surface area contributed by atoms with Crippen LogP contribution < -0.4 is 10.1 Å². The van der Waals surface area contributed by atoms with Gasteiger partial charge in [-0.15, -0.1) is 0 Å². The van der Waals surface area contributed by atoms with Crippen molar-refractivity contribution < 1.29 is 4.74 Å². The number of ether oxygens (including phenoxy) is 1. The Hall–Kier alpha value is -1.06. The van der Waals surface area contributed by atoms with Crippen LogP contribution >= 0.6 is 0 Å². The Morgan fingerprint density at radius 3 is 2.90 bits per heavy atom. The fraction of sp³-hybridized carbons (Fsp3) is 0.647. The van der Waals surface area contributed by atoms with Gasteiger partial charge in [-0.1, -0.05) is 19.1 Å². The molecule has 0 spiro atoms.